The summed E-state index contributed by atoms with van der Waals surface area (Å²) in [5, 5.41) is 0. The predicted octanol–water partition coefficient (Wildman–Crippen LogP) is 1.02. The summed E-state index contributed by atoms with van der Waals surface area (Å²) in [6.45, 7) is 0.0166. The average Bonchev–Trinajstić information content (AvgIpc) is 2.09. The topological polar surface area (TPSA) is 69.7 Å². The number of alkyl halides is 4. The van der Waals surface area contributed by atoms with Crippen molar-refractivity contribution in [3.8, 4) is 0 Å². The molecular formula is C6H8ClF3O5S. The maximum atomic E-state index is 11.8. The molecule has 0 aliphatic rings. The highest BCUT2D eigenvalue weighted by atomic mass is 35.5. The Kier molecular flexibility index (Phi) is 5.50. The third-order valence-corrected chi connectivity index (χ3v) is 2.55. The zero-order chi connectivity index (χ0) is 13.0. The molecule has 5 nitrogen and oxygen atoms in total. The van der Waals surface area contributed by atoms with Crippen LogP contribution in [0.4, 0.5) is 13.2 Å². The van der Waals surface area contributed by atoms with Crippen LogP contribution in [0, 0.1) is 0 Å². The second kappa shape index (κ2) is 5.69. The highest BCUT2D eigenvalue weighted by Crippen LogP contribution is 2.24. The van der Waals surface area contributed by atoms with Gasteiger partial charge in [0.2, 0.25) is 0 Å². The van der Waals surface area contributed by atoms with Crippen molar-refractivity contribution in [3.63, 3.8) is 0 Å². The van der Waals surface area contributed by atoms with Gasteiger partial charge in [0.15, 0.2) is 0 Å². The molecule has 0 saturated heterocycles. The second-order valence-corrected chi connectivity index (χ2v) is 4.49. The molecule has 96 valence electrons. The standard InChI is InChI=1S/C6H8ClF3O5S/c1-4(11)15-5(2-7)3-14-16(12,13)6(8,9)10/h5H,2-3H2,1H3/t5-/m1/s1. The SMILES string of the molecule is CC(=O)O[C@H](CCl)COS(=O)(=O)C(F)(F)F. The molecule has 0 aliphatic carbocycles. The first-order valence-electron chi connectivity index (χ1n) is 3.79. The Morgan fingerprint density at radius 1 is 1.44 bits per heavy atom. The Hall–Kier alpha value is -0.540. The molecule has 0 saturated carbocycles. The molecule has 0 aromatic rings. The minimum atomic E-state index is -5.69. The van der Waals surface area contributed by atoms with Crippen LogP contribution in [0.1, 0.15) is 6.92 Å². The third kappa shape index (κ3) is 4.99. The van der Waals surface area contributed by atoms with Crippen molar-refractivity contribution in [1.29, 1.82) is 0 Å². The summed E-state index contributed by atoms with van der Waals surface area (Å²) in [7, 11) is -5.69. The van der Waals surface area contributed by atoms with Gasteiger partial charge in [-0.05, 0) is 0 Å². The predicted molar refractivity (Wildman–Crippen MR) is 47.2 cm³/mol. The molecular weight excluding hydrogens is 277 g/mol. The van der Waals surface area contributed by atoms with Gasteiger partial charge in [0.1, 0.15) is 12.7 Å². The third-order valence-electron chi connectivity index (χ3n) is 1.20. The van der Waals surface area contributed by atoms with Crippen LogP contribution >= 0.6 is 11.6 Å². The molecule has 0 spiro atoms. The fourth-order valence-corrected chi connectivity index (χ4v) is 1.19. The van der Waals surface area contributed by atoms with E-state index in [0.717, 1.165) is 6.92 Å². The fraction of sp³-hybridized carbons (Fsp3) is 0.833. The zero-order valence-corrected chi connectivity index (χ0v) is 9.53. The molecule has 0 bridgehead atoms. The number of halogens is 4. The van der Waals surface area contributed by atoms with Crippen LogP contribution in [-0.2, 0) is 23.8 Å². The van der Waals surface area contributed by atoms with Crippen LogP contribution in [0.5, 0.6) is 0 Å². The van der Waals surface area contributed by atoms with Crippen molar-refractivity contribution in [2.75, 3.05) is 12.5 Å². The highest BCUT2D eigenvalue weighted by molar-refractivity contribution is 7.87. The van der Waals surface area contributed by atoms with Gasteiger partial charge < -0.3 is 4.74 Å². The van der Waals surface area contributed by atoms with Crippen molar-refractivity contribution in [2.24, 2.45) is 0 Å². The summed E-state index contributed by atoms with van der Waals surface area (Å²) < 4.78 is 64.3. The minimum absolute atomic E-state index is 0.382. The molecule has 0 aromatic heterocycles. The van der Waals surface area contributed by atoms with E-state index in [1.54, 1.807) is 0 Å². The van der Waals surface area contributed by atoms with Crippen LogP contribution in [0.3, 0.4) is 0 Å². The molecule has 0 aromatic carbocycles. The van der Waals surface area contributed by atoms with Crippen molar-refractivity contribution >= 4 is 27.7 Å². The quantitative estimate of drug-likeness (QED) is 0.326. The molecule has 0 aliphatic heterocycles. The zero-order valence-electron chi connectivity index (χ0n) is 7.95. The summed E-state index contributed by atoms with van der Waals surface area (Å²) in [6, 6.07) is 0. The molecule has 0 heterocycles. The maximum Gasteiger partial charge on any atom is 0.523 e. The normalized spacial score (nSPS) is 14.6. The maximum absolute atomic E-state index is 11.8. The molecule has 0 radical (unpaired) electrons. The van der Waals surface area contributed by atoms with Crippen LogP contribution in [-0.4, -0.2) is 38.5 Å². The number of ether oxygens (including phenoxy) is 1. The van der Waals surface area contributed by atoms with Gasteiger partial charge in [-0.25, -0.2) is 0 Å². The van der Waals surface area contributed by atoms with Crippen LogP contribution in [0.25, 0.3) is 0 Å². The van der Waals surface area contributed by atoms with E-state index in [-0.39, 0.29) is 5.88 Å². The summed E-state index contributed by atoms with van der Waals surface area (Å²) in [4.78, 5) is 10.4. The lowest BCUT2D eigenvalue weighted by molar-refractivity contribution is -0.146. The number of carbonyl (C=O) groups is 1. The first-order chi connectivity index (χ1) is 7.10. The van der Waals surface area contributed by atoms with Crippen molar-refractivity contribution < 1.29 is 35.3 Å². The first kappa shape index (κ1) is 15.5. The Bertz CT molecular complexity index is 339. The molecule has 0 rings (SSSR count). The fourth-order valence-electron chi connectivity index (χ4n) is 0.577. The molecule has 0 fully saturated rings. The van der Waals surface area contributed by atoms with E-state index in [1.807, 2.05) is 0 Å². The Morgan fingerprint density at radius 3 is 2.25 bits per heavy atom. The van der Waals surface area contributed by atoms with Gasteiger partial charge in [-0.3, -0.25) is 8.98 Å². The van der Waals surface area contributed by atoms with Crippen LogP contribution < -0.4 is 0 Å². The van der Waals surface area contributed by atoms with Crippen molar-refractivity contribution in [3.05, 3.63) is 0 Å². The minimum Gasteiger partial charge on any atom is -0.459 e. The summed E-state index contributed by atoms with van der Waals surface area (Å²) >= 11 is 5.22. The van der Waals surface area contributed by atoms with E-state index in [2.05, 4.69) is 8.92 Å². The van der Waals surface area contributed by atoms with Gasteiger partial charge >= 0.3 is 21.6 Å². The largest absolute Gasteiger partial charge is 0.523 e. The van der Waals surface area contributed by atoms with Crippen molar-refractivity contribution in [1.82, 2.24) is 0 Å². The molecule has 0 N–H and O–H groups in total. The first-order valence-corrected chi connectivity index (χ1v) is 5.73. The van der Waals surface area contributed by atoms with E-state index in [1.165, 1.54) is 0 Å². The molecule has 16 heavy (non-hydrogen) atoms. The summed E-state index contributed by atoms with van der Waals surface area (Å²) in [6.07, 6.45) is -1.25. The van der Waals surface area contributed by atoms with Gasteiger partial charge in [-0.15, -0.1) is 11.6 Å². The number of hydrogen-bond donors (Lipinski definition) is 0. The molecule has 10 heteroatoms. The molecule has 0 amide bonds. The second-order valence-electron chi connectivity index (χ2n) is 2.57. The van der Waals surface area contributed by atoms with E-state index in [9.17, 15) is 26.4 Å². The lowest BCUT2D eigenvalue weighted by Crippen LogP contribution is -2.31. The number of rotatable bonds is 5. The van der Waals surface area contributed by atoms with E-state index in [0.29, 0.717) is 0 Å². The van der Waals surface area contributed by atoms with Crippen molar-refractivity contribution in [2.45, 2.75) is 18.5 Å². The number of esters is 1. The Morgan fingerprint density at radius 2 is 1.94 bits per heavy atom. The van der Waals surface area contributed by atoms with Gasteiger partial charge in [-0.2, -0.15) is 21.6 Å². The van der Waals surface area contributed by atoms with Gasteiger partial charge in [0, 0.05) is 6.92 Å². The average molecular weight is 285 g/mol. The summed E-state index contributed by atoms with van der Waals surface area (Å²) in [5.41, 5.74) is -5.51. The highest BCUT2D eigenvalue weighted by Gasteiger charge is 2.47. The van der Waals surface area contributed by atoms with Gasteiger partial charge in [-0.1, -0.05) is 0 Å². The van der Waals surface area contributed by atoms with E-state index < -0.39 is 34.3 Å². The summed E-state index contributed by atoms with van der Waals surface area (Å²) in [5.74, 6) is -1.19. The van der Waals surface area contributed by atoms with Crippen LogP contribution in [0.15, 0.2) is 0 Å². The molecule has 0 unspecified atom stereocenters. The lowest BCUT2D eigenvalue weighted by atomic mass is 10.4. The van der Waals surface area contributed by atoms with E-state index in [4.69, 9.17) is 11.6 Å². The van der Waals surface area contributed by atoms with Gasteiger partial charge in [0.25, 0.3) is 0 Å². The number of hydrogen-bond acceptors (Lipinski definition) is 5. The smallest absolute Gasteiger partial charge is 0.459 e. The van der Waals surface area contributed by atoms with Gasteiger partial charge in [0.05, 0.1) is 5.88 Å². The monoisotopic (exact) mass is 284 g/mol. The Labute approximate surface area is 94.6 Å². The number of carbonyl (C=O) groups excluding carboxylic acids is 1. The van der Waals surface area contributed by atoms with E-state index >= 15 is 0 Å². The lowest BCUT2D eigenvalue weighted by Gasteiger charge is -2.14. The Balaban J connectivity index is 4.38. The van der Waals surface area contributed by atoms with Crippen LogP contribution in [0.2, 0.25) is 0 Å². The molecule has 1 atom stereocenters.